The number of amides is 1. The quantitative estimate of drug-likeness (QED) is 0.882. The van der Waals surface area contributed by atoms with E-state index in [0.717, 1.165) is 17.7 Å². The number of hydrogen-bond acceptors (Lipinski definition) is 4. The van der Waals surface area contributed by atoms with Gasteiger partial charge < -0.3 is 14.6 Å². The van der Waals surface area contributed by atoms with E-state index in [2.05, 4.69) is 0 Å². The van der Waals surface area contributed by atoms with Gasteiger partial charge in [-0.1, -0.05) is 12.1 Å². The lowest BCUT2D eigenvalue weighted by Crippen LogP contribution is -2.43. The van der Waals surface area contributed by atoms with Crippen molar-refractivity contribution in [3.8, 4) is 5.75 Å². The van der Waals surface area contributed by atoms with Gasteiger partial charge >= 0.3 is 12.1 Å². The summed E-state index contributed by atoms with van der Waals surface area (Å²) < 4.78 is 10.8. The SMILES string of the molecule is CCOc1ccc(C[C@@H]2C[C@@H](C(=O)O)N(C(=O)OC(C)(C)C)C2)cc1. The Morgan fingerprint density at radius 3 is 2.40 bits per heavy atom. The standard InChI is InChI=1S/C19H27NO5/c1-5-24-15-8-6-13(7-9-15)10-14-11-16(17(21)22)20(12-14)18(23)25-19(2,3)4/h6-9,14,16H,5,10-12H2,1-4H3,(H,21,22)/t14-,16+/m1/s1. The number of carbonyl (C=O) groups excluding carboxylic acids is 1. The number of benzene rings is 1. The van der Waals surface area contributed by atoms with Crippen LogP contribution in [0, 0.1) is 5.92 Å². The third-order valence-corrected chi connectivity index (χ3v) is 4.06. The Morgan fingerprint density at radius 1 is 1.24 bits per heavy atom. The van der Waals surface area contributed by atoms with Gasteiger partial charge in [0, 0.05) is 6.54 Å². The molecule has 1 saturated heterocycles. The molecule has 1 aromatic rings. The molecule has 0 aliphatic carbocycles. The summed E-state index contributed by atoms with van der Waals surface area (Å²) in [5.41, 5.74) is 0.455. The van der Waals surface area contributed by atoms with E-state index >= 15 is 0 Å². The zero-order chi connectivity index (χ0) is 18.6. The summed E-state index contributed by atoms with van der Waals surface area (Å²) in [5, 5.41) is 9.44. The summed E-state index contributed by atoms with van der Waals surface area (Å²) in [6.07, 6.45) is 0.589. The van der Waals surface area contributed by atoms with Gasteiger partial charge in [0.2, 0.25) is 0 Å². The van der Waals surface area contributed by atoms with Crippen molar-refractivity contribution < 1.29 is 24.2 Å². The summed E-state index contributed by atoms with van der Waals surface area (Å²) in [6, 6.07) is 6.96. The first kappa shape index (κ1) is 19.1. The number of rotatable bonds is 5. The molecule has 1 aliphatic heterocycles. The van der Waals surface area contributed by atoms with Crippen molar-refractivity contribution in [1.82, 2.24) is 4.90 Å². The van der Waals surface area contributed by atoms with Gasteiger partial charge in [0.25, 0.3) is 0 Å². The minimum Gasteiger partial charge on any atom is -0.494 e. The molecule has 1 aromatic carbocycles. The van der Waals surface area contributed by atoms with Gasteiger partial charge in [0.05, 0.1) is 6.61 Å². The first-order valence-corrected chi connectivity index (χ1v) is 8.63. The van der Waals surface area contributed by atoms with Gasteiger partial charge in [-0.25, -0.2) is 9.59 Å². The second kappa shape index (κ2) is 7.76. The molecule has 6 nitrogen and oxygen atoms in total. The van der Waals surface area contributed by atoms with E-state index in [-0.39, 0.29) is 5.92 Å². The fourth-order valence-electron chi connectivity index (χ4n) is 3.05. The molecule has 1 heterocycles. The molecule has 0 radical (unpaired) electrons. The van der Waals surface area contributed by atoms with Crippen LogP contribution in [0.4, 0.5) is 4.79 Å². The van der Waals surface area contributed by atoms with E-state index in [1.807, 2.05) is 31.2 Å². The highest BCUT2D eigenvalue weighted by Gasteiger charge is 2.41. The predicted molar refractivity (Wildman–Crippen MR) is 93.8 cm³/mol. The van der Waals surface area contributed by atoms with Crippen molar-refractivity contribution in [2.24, 2.45) is 5.92 Å². The van der Waals surface area contributed by atoms with Gasteiger partial charge in [-0.3, -0.25) is 4.90 Å². The van der Waals surface area contributed by atoms with E-state index in [1.165, 1.54) is 4.90 Å². The fourth-order valence-corrected chi connectivity index (χ4v) is 3.05. The maximum absolute atomic E-state index is 12.3. The van der Waals surface area contributed by atoms with Crippen LogP contribution in [0.3, 0.4) is 0 Å². The van der Waals surface area contributed by atoms with Gasteiger partial charge in [-0.15, -0.1) is 0 Å². The highest BCUT2D eigenvalue weighted by molar-refractivity contribution is 5.81. The Balaban J connectivity index is 2.03. The third kappa shape index (κ3) is 5.37. The molecule has 6 heteroatoms. The molecule has 1 N–H and O–H groups in total. The highest BCUT2D eigenvalue weighted by atomic mass is 16.6. The number of ether oxygens (including phenoxy) is 2. The molecule has 0 spiro atoms. The maximum atomic E-state index is 12.3. The Morgan fingerprint density at radius 2 is 1.88 bits per heavy atom. The monoisotopic (exact) mass is 349 g/mol. The minimum absolute atomic E-state index is 0.0894. The second-order valence-electron chi connectivity index (χ2n) is 7.37. The van der Waals surface area contributed by atoms with Crippen LogP contribution in [-0.2, 0) is 16.0 Å². The van der Waals surface area contributed by atoms with Crippen LogP contribution in [0.25, 0.3) is 0 Å². The summed E-state index contributed by atoms with van der Waals surface area (Å²) in [7, 11) is 0. The predicted octanol–water partition coefficient (Wildman–Crippen LogP) is 3.34. The number of nitrogens with zero attached hydrogens (tertiary/aromatic N) is 1. The summed E-state index contributed by atoms with van der Waals surface area (Å²) in [6.45, 7) is 8.26. The van der Waals surface area contributed by atoms with Crippen molar-refractivity contribution in [2.45, 2.75) is 52.2 Å². The number of carbonyl (C=O) groups is 2. The van der Waals surface area contributed by atoms with Crippen LogP contribution >= 0.6 is 0 Å². The first-order valence-electron chi connectivity index (χ1n) is 8.63. The molecule has 0 saturated carbocycles. The lowest BCUT2D eigenvalue weighted by Gasteiger charge is -2.26. The lowest BCUT2D eigenvalue weighted by atomic mass is 9.97. The van der Waals surface area contributed by atoms with Crippen LogP contribution in [-0.4, -0.2) is 46.9 Å². The summed E-state index contributed by atoms with van der Waals surface area (Å²) >= 11 is 0. The van der Waals surface area contributed by atoms with Crippen molar-refractivity contribution >= 4 is 12.1 Å². The number of carboxylic acid groups (broad SMARTS) is 1. The van der Waals surface area contributed by atoms with Crippen LogP contribution in [0.5, 0.6) is 5.75 Å². The average Bonchev–Trinajstić information content (AvgIpc) is 2.92. The van der Waals surface area contributed by atoms with Crippen LogP contribution in [0.15, 0.2) is 24.3 Å². The zero-order valence-electron chi connectivity index (χ0n) is 15.3. The van der Waals surface area contributed by atoms with Gasteiger partial charge in [0.15, 0.2) is 0 Å². The molecule has 1 amide bonds. The average molecular weight is 349 g/mol. The third-order valence-electron chi connectivity index (χ3n) is 4.06. The van der Waals surface area contributed by atoms with Crippen molar-refractivity contribution in [2.75, 3.05) is 13.2 Å². The Hall–Kier alpha value is -2.24. The highest BCUT2D eigenvalue weighted by Crippen LogP contribution is 2.29. The Labute approximate surface area is 148 Å². The maximum Gasteiger partial charge on any atom is 0.411 e. The summed E-state index contributed by atoms with van der Waals surface area (Å²) in [4.78, 5) is 25.2. The van der Waals surface area contributed by atoms with Crippen LogP contribution < -0.4 is 4.74 Å². The van der Waals surface area contributed by atoms with E-state index < -0.39 is 23.7 Å². The smallest absolute Gasteiger partial charge is 0.411 e. The fraction of sp³-hybridized carbons (Fsp3) is 0.579. The Bertz CT molecular complexity index is 605. The molecular formula is C19H27NO5. The largest absolute Gasteiger partial charge is 0.494 e. The van der Waals surface area contributed by atoms with E-state index in [9.17, 15) is 14.7 Å². The lowest BCUT2D eigenvalue weighted by molar-refractivity contribution is -0.142. The van der Waals surface area contributed by atoms with E-state index in [4.69, 9.17) is 9.47 Å². The van der Waals surface area contributed by atoms with Gasteiger partial charge in [-0.05, 0) is 64.2 Å². The van der Waals surface area contributed by atoms with Crippen LogP contribution in [0.2, 0.25) is 0 Å². The zero-order valence-corrected chi connectivity index (χ0v) is 15.3. The first-order chi connectivity index (χ1) is 11.7. The minimum atomic E-state index is -0.986. The molecule has 2 atom stereocenters. The number of carboxylic acids is 1. The number of likely N-dealkylation sites (tertiary alicyclic amines) is 1. The Kier molecular flexibility index (Phi) is 5.93. The molecular weight excluding hydrogens is 322 g/mol. The van der Waals surface area contributed by atoms with E-state index in [1.54, 1.807) is 20.8 Å². The second-order valence-corrected chi connectivity index (χ2v) is 7.37. The molecule has 2 rings (SSSR count). The van der Waals surface area contributed by atoms with Gasteiger partial charge in [-0.2, -0.15) is 0 Å². The molecule has 138 valence electrons. The number of hydrogen-bond donors (Lipinski definition) is 1. The molecule has 25 heavy (non-hydrogen) atoms. The number of aliphatic carboxylic acids is 1. The normalized spacial score (nSPS) is 20.4. The van der Waals surface area contributed by atoms with Crippen LogP contribution in [0.1, 0.15) is 39.7 Å². The molecule has 0 unspecified atom stereocenters. The van der Waals surface area contributed by atoms with E-state index in [0.29, 0.717) is 19.6 Å². The van der Waals surface area contributed by atoms with Crippen molar-refractivity contribution in [1.29, 1.82) is 0 Å². The summed E-state index contributed by atoms with van der Waals surface area (Å²) in [5.74, 6) is -0.0805. The van der Waals surface area contributed by atoms with Crippen molar-refractivity contribution in [3.63, 3.8) is 0 Å². The molecule has 0 bridgehead atoms. The molecule has 1 fully saturated rings. The van der Waals surface area contributed by atoms with Gasteiger partial charge in [0.1, 0.15) is 17.4 Å². The molecule has 1 aliphatic rings. The van der Waals surface area contributed by atoms with Crippen molar-refractivity contribution in [3.05, 3.63) is 29.8 Å². The topological polar surface area (TPSA) is 76.1 Å². The molecule has 0 aromatic heterocycles.